The molecule has 1 aromatic carbocycles. The molecule has 0 atom stereocenters. The van der Waals surface area contributed by atoms with Gasteiger partial charge in [0.25, 0.3) is 0 Å². The summed E-state index contributed by atoms with van der Waals surface area (Å²) in [6.45, 7) is 3.03. The lowest BCUT2D eigenvalue weighted by Crippen LogP contribution is -2.45. The predicted molar refractivity (Wildman–Crippen MR) is 69.9 cm³/mol. The lowest BCUT2D eigenvalue weighted by Gasteiger charge is -2.19. The second-order valence-electron chi connectivity index (χ2n) is 4.99. The molecule has 0 bridgehead atoms. The lowest BCUT2D eigenvalue weighted by molar-refractivity contribution is -0.137. The molecule has 0 unspecified atom stereocenters. The Bertz CT molecular complexity index is 595. The quantitative estimate of drug-likeness (QED) is 0.890. The van der Waals surface area contributed by atoms with E-state index in [0.29, 0.717) is 12.1 Å². The number of alkyl halides is 3. The molecule has 0 amide bonds. The summed E-state index contributed by atoms with van der Waals surface area (Å²) in [4.78, 5) is -0.554. The van der Waals surface area contributed by atoms with Crippen LogP contribution in [-0.4, -0.2) is 20.5 Å². The van der Waals surface area contributed by atoms with Crippen molar-refractivity contribution in [3.8, 4) is 0 Å². The predicted octanol–water partition coefficient (Wildman–Crippen LogP) is 2.37. The van der Waals surface area contributed by atoms with Crippen molar-refractivity contribution in [1.29, 1.82) is 0 Å². The van der Waals surface area contributed by atoms with Crippen LogP contribution in [-0.2, 0) is 16.2 Å². The average Bonchev–Trinajstić information content (AvgIpc) is 2.23. The summed E-state index contributed by atoms with van der Waals surface area (Å²) in [6, 6.07) is 2.13. The molecule has 0 spiro atoms. The van der Waals surface area contributed by atoms with Gasteiger partial charge in [-0.3, -0.25) is 0 Å². The molecule has 0 aliphatic carbocycles. The molecule has 0 saturated heterocycles. The summed E-state index contributed by atoms with van der Waals surface area (Å²) in [5.74, 6) is 0. The van der Waals surface area contributed by atoms with Gasteiger partial charge >= 0.3 is 6.18 Å². The number of nitrogens with one attached hydrogen (secondary N) is 1. The lowest BCUT2D eigenvalue weighted by atomic mass is 10.1. The number of sulfonamides is 1. The summed E-state index contributed by atoms with van der Waals surface area (Å²) >= 11 is 5.54. The van der Waals surface area contributed by atoms with Crippen molar-refractivity contribution in [1.82, 2.24) is 4.72 Å². The molecule has 1 aromatic rings. The summed E-state index contributed by atoms with van der Waals surface area (Å²) in [5, 5.41) is -0.313. The van der Waals surface area contributed by atoms with E-state index in [2.05, 4.69) is 4.72 Å². The number of rotatable bonds is 4. The molecule has 114 valence electrons. The van der Waals surface area contributed by atoms with Crippen LogP contribution >= 0.6 is 11.6 Å². The maximum atomic E-state index is 12.6. The molecular formula is C11H14ClF3N2O2S. The molecule has 4 nitrogen and oxygen atoms in total. The molecule has 0 aromatic heterocycles. The Morgan fingerprint density at radius 2 is 1.80 bits per heavy atom. The Labute approximate surface area is 120 Å². The van der Waals surface area contributed by atoms with Crippen molar-refractivity contribution >= 4 is 21.6 Å². The van der Waals surface area contributed by atoms with Gasteiger partial charge in [-0.05, 0) is 32.0 Å². The normalized spacial score (nSPS) is 13.6. The maximum absolute atomic E-state index is 12.6. The molecule has 1 rings (SSSR count). The minimum absolute atomic E-state index is 0.122. The summed E-state index contributed by atoms with van der Waals surface area (Å²) in [5.41, 5.74) is 3.65. The molecule has 0 aliphatic heterocycles. The van der Waals surface area contributed by atoms with E-state index in [1.807, 2.05) is 0 Å². The van der Waals surface area contributed by atoms with E-state index < -0.39 is 32.2 Å². The van der Waals surface area contributed by atoms with Gasteiger partial charge in [0.2, 0.25) is 10.0 Å². The third-order valence-electron chi connectivity index (χ3n) is 2.23. The van der Waals surface area contributed by atoms with Crippen molar-refractivity contribution in [3.05, 3.63) is 28.8 Å². The van der Waals surface area contributed by atoms with Crippen molar-refractivity contribution in [3.63, 3.8) is 0 Å². The third kappa shape index (κ3) is 4.93. The molecule has 0 fully saturated rings. The largest absolute Gasteiger partial charge is 0.416 e. The van der Waals surface area contributed by atoms with E-state index in [9.17, 15) is 21.6 Å². The van der Waals surface area contributed by atoms with Gasteiger partial charge < -0.3 is 5.73 Å². The Kier molecular flexibility index (Phi) is 4.75. The van der Waals surface area contributed by atoms with Crippen LogP contribution in [0, 0.1) is 0 Å². The van der Waals surface area contributed by atoms with E-state index in [-0.39, 0.29) is 11.6 Å². The van der Waals surface area contributed by atoms with Crippen molar-refractivity contribution in [2.75, 3.05) is 6.54 Å². The van der Waals surface area contributed by atoms with Crippen LogP contribution in [0.2, 0.25) is 5.02 Å². The highest BCUT2D eigenvalue weighted by molar-refractivity contribution is 7.89. The van der Waals surface area contributed by atoms with Crippen LogP contribution in [0.3, 0.4) is 0 Å². The number of benzene rings is 1. The van der Waals surface area contributed by atoms with E-state index in [4.69, 9.17) is 17.3 Å². The van der Waals surface area contributed by atoms with Gasteiger partial charge in [-0.15, -0.1) is 0 Å². The standard InChI is InChI=1S/C11H14ClF3N2O2S/c1-10(2,16)6-17-20(18,19)9-4-7(11(13,14)15)3-8(12)5-9/h3-5,17H,6,16H2,1-2H3. The first-order valence-electron chi connectivity index (χ1n) is 5.48. The first kappa shape index (κ1) is 17.2. The second-order valence-corrected chi connectivity index (χ2v) is 7.19. The zero-order valence-electron chi connectivity index (χ0n) is 10.8. The number of halogens is 4. The van der Waals surface area contributed by atoms with Gasteiger partial charge in [0.05, 0.1) is 10.5 Å². The first-order valence-corrected chi connectivity index (χ1v) is 7.34. The number of nitrogens with two attached hydrogens (primary N) is 1. The fraction of sp³-hybridized carbons (Fsp3) is 0.455. The highest BCUT2D eigenvalue weighted by atomic mass is 35.5. The van der Waals surface area contributed by atoms with Gasteiger partial charge in [0.1, 0.15) is 0 Å². The molecule has 9 heteroatoms. The van der Waals surface area contributed by atoms with E-state index >= 15 is 0 Å². The fourth-order valence-corrected chi connectivity index (χ4v) is 2.84. The van der Waals surface area contributed by atoms with Crippen LogP contribution in [0.1, 0.15) is 19.4 Å². The van der Waals surface area contributed by atoms with Crippen LogP contribution in [0.5, 0.6) is 0 Å². The minimum Gasteiger partial charge on any atom is -0.324 e. The van der Waals surface area contributed by atoms with Gasteiger partial charge in [-0.1, -0.05) is 11.6 Å². The Morgan fingerprint density at radius 1 is 1.25 bits per heavy atom. The molecule has 0 radical (unpaired) electrons. The maximum Gasteiger partial charge on any atom is 0.416 e. The van der Waals surface area contributed by atoms with E-state index in [1.54, 1.807) is 13.8 Å². The summed E-state index contributed by atoms with van der Waals surface area (Å²) in [7, 11) is -4.11. The molecule has 20 heavy (non-hydrogen) atoms. The van der Waals surface area contributed by atoms with Gasteiger partial charge in [-0.25, -0.2) is 13.1 Å². The Morgan fingerprint density at radius 3 is 2.25 bits per heavy atom. The van der Waals surface area contributed by atoms with Crippen molar-refractivity contribution < 1.29 is 21.6 Å². The topological polar surface area (TPSA) is 72.2 Å². The Hall–Kier alpha value is -0.830. The van der Waals surface area contributed by atoms with Crippen molar-refractivity contribution in [2.24, 2.45) is 5.73 Å². The molecule has 0 aliphatic rings. The number of hydrogen-bond acceptors (Lipinski definition) is 3. The summed E-state index contributed by atoms with van der Waals surface area (Å²) in [6.07, 6.45) is -4.68. The highest BCUT2D eigenvalue weighted by Crippen LogP contribution is 2.32. The van der Waals surface area contributed by atoms with Crippen LogP contribution in [0.25, 0.3) is 0 Å². The smallest absolute Gasteiger partial charge is 0.324 e. The van der Waals surface area contributed by atoms with Crippen LogP contribution in [0.15, 0.2) is 23.1 Å². The monoisotopic (exact) mass is 330 g/mol. The second kappa shape index (κ2) is 5.51. The average molecular weight is 331 g/mol. The summed E-state index contributed by atoms with van der Waals surface area (Å²) < 4.78 is 63.8. The first-order chi connectivity index (χ1) is 8.81. The van der Waals surface area contributed by atoms with E-state index in [1.165, 1.54) is 0 Å². The minimum atomic E-state index is -4.68. The zero-order valence-corrected chi connectivity index (χ0v) is 12.3. The third-order valence-corrected chi connectivity index (χ3v) is 3.83. The van der Waals surface area contributed by atoms with Crippen molar-refractivity contribution in [2.45, 2.75) is 30.5 Å². The SMILES string of the molecule is CC(C)(N)CNS(=O)(=O)c1cc(Cl)cc(C(F)(F)F)c1. The molecule has 0 saturated carbocycles. The van der Waals surface area contributed by atoms with Gasteiger partial charge in [-0.2, -0.15) is 13.2 Å². The zero-order chi connectivity index (χ0) is 15.8. The highest BCUT2D eigenvalue weighted by Gasteiger charge is 2.32. The van der Waals surface area contributed by atoms with Gasteiger partial charge in [0.15, 0.2) is 0 Å². The molecular weight excluding hydrogens is 317 g/mol. The van der Waals surface area contributed by atoms with Gasteiger partial charge in [0, 0.05) is 17.1 Å². The Balaban J connectivity index is 3.16. The molecule has 3 N–H and O–H groups in total. The van der Waals surface area contributed by atoms with Crippen LogP contribution in [0.4, 0.5) is 13.2 Å². The fourth-order valence-electron chi connectivity index (χ4n) is 1.25. The van der Waals surface area contributed by atoms with Crippen LogP contribution < -0.4 is 10.5 Å². The number of hydrogen-bond donors (Lipinski definition) is 2. The molecule has 0 heterocycles. The van der Waals surface area contributed by atoms with E-state index in [0.717, 1.165) is 6.07 Å².